The number of hydrogen-bond donors (Lipinski definition) is 0. The number of carbonyl (C=O) groups excluding carboxylic acids is 1. The van der Waals surface area contributed by atoms with Gasteiger partial charge in [-0.3, -0.25) is 9.18 Å². The first kappa shape index (κ1) is 15.7. The van der Waals surface area contributed by atoms with E-state index in [1.807, 2.05) is 37.8 Å². The van der Waals surface area contributed by atoms with E-state index in [9.17, 15) is 9.18 Å². The minimum absolute atomic E-state index is 0.0866. The number of nitrogens with zero attached hydrogens (tertiary/aromatic N) is 1. The van der Waals surface area contributed by atoms with Crippen LogP contribution in [-0.4, -0.2) is 30.6 Å². The van der Waals surface area contributed by atoms with E-state index in [1.54, 1.807) is 0 Å². The van der Waals surface area contributed by atoms with Crippen molar-refractivity contribution in [2.45, 2.75) is 33.6 Å². The zero-order valence-electron chi connectivity index (χ0n) is 12.2. The summed E-state index contributed by atoms with van der Waals surface area (Å²) >= 11 is 0. The van der Waals surface area contributed by atoms with Crippen LogP contribution >= 0.6 is 0 Å². The number of amides is 1. The average molecular weight is 265 g/mol. The monoisotopic (exact) mass is 265 g/mol. The first-order valence-electron chi connectivity index (χ1n) is 6.97. The fourth-order valence-electron chi connectivity index (χ4n) is 2.34. The van der Waals surface area contributed by atoms with E-state index in [0.717, 1.165) is 0 Å². The average Bonchev–Trinajstić information content (AvgIpc) is 2.83. The quantitative estimate of drug-likeness (QED) is 0.671. The lowest BCUT2D eigenvalue weighted by molar-refractivity contribution is -0.134. The molecule has 1 atom stereocenters. The van der Waals surface area contributed by atoms with Crippen molar-refractivity contribution in [2.24, 2.45) is 5.92 Å². The predicted octanol–water partition coefficient (Wildman–Crippen LogP) is 3.66. The van der Waals surface area contributed by atoms with Gasteiger partial charge in [0.2, 0.25) is 5.91 Å². The SMILES string of the molecule is C/C=C\C(C)=C/C1=CCN(C(=O)C(CC)CCF)C1. The van der Waals surface area contributed by atoms with Crippen molar-refractivity contribution < 1.29 is 9.18 Å². The topological polar surface area (TPSA) is 20.3 Å². The van der Waals surface area contributed by atoms with Crippen LogP contribution in [0.25, 0.3) is 0 Å². The molecule has 1 unspecified atom stereocenters. The van der Waals surface area contributed by atoms with Crippen molar-refractivity contribution in [3.63, 3.8) is 0 Å². The van der Waals surface area contributed by atoms with Gasteiger partial charge in [-0.05, 0) is 32.3 Å². The molecule has 3 heteroatoms. The Morgan fingerprint density at radius 1 is 1.58 bits per heavy atom. The van der Waals surface area contributed by atoms with Crippen LogP contribution in [0.2, 0.25) is 0 Å². The molecule has 0 radical (unpaired) electrons. The van der Waals surface area contributed by atoms with E-state index in [2.05, 4.69) is 12.2 Å². The summed E-state index contributed by atoms with van der Waals surface area (Å²) in [7, 11) is 0. The molecule has 0 aromatic carbocycles. The van der Waals surface area contributed by atoms with Gasteiger partial charge in [0.15, 0.2) is 0 Å². The van der Waals surface area contributed by atoms with Crippen LogP contribution in [0.4, 0.5) is 4.39 Å². The fourth-order valence-corrected chi connectivity index (χ4v) is 2.34. The molecule has 0 fully saturated rings. The summed E-state index contributed by atoms with van der Waals surface area (Å²) in [6.45, 7) is 6.85. The molecule has 19 heavy (non-hydrogen) atoms. The minimum Gasteiger partial charge on any atom is -0.334 e. The Balaban J connectivity index is 2.59. The highest BCUT2D eigenvalue weighted by Crippen LogP contribution is 2.19. The molecule has 0 aromatic rings. The molecule has 1 heterocycles. The molecule has 1 aliphatic heterocycles. The molecule has 0 aromatic heterocycles. The van der Waals surface area contributed by atoms with Gasteiger partial charge in [-0.25, -0.2) is 0 Å². The van der Waals surface area contributed by atoms with E-state index in [1.165, 1.54) is 11.1 Å². The van der Waals surface area contributed by atoms with Gasteiger partial charge in [-0.15, -0.1) is 0 Å². The van der Waals surface area contributed by atoms with Crippen molar-refractivity contribution >= 4 is 5.91 Å². The van der Waals surface area contributed by atoms with Crippen LogP contribution in [0, 0.1) is 5.92 Å². The summed E-state index contributed by atoms with van der Waals surface area (Å²) in [6.07, 6.45) is 9.27. The number of carbonyl (C=O) groups is 1. The molecule has 0 saturated heterocycles. The van der Waals surface area contributed by atoms with Gasteiger partial charge in [0.1, 0.15) is 0 Å². The predicted molar refractivity (Wildman–Crippen MR) is 77.6 cm³/mol. The molecule has 1 amide bonds. The standard InChI is InChI=1S/C16H24FNO/c1-4-6-13(3)11-14-8-10-18(12-14)16(19)15(5-2)7-9-17/h4,6,8,11,15H,5,7,9-10,12H2,1-3H3/b6-4-,13-11-. The molecular weight excluding hydrogens is 241 g/mol. The third-order valence-electron chi connectivity index (χ3n) is 3.40. The number of alkyl halides is 1. The van der Waals surface area contributed by atoms with Gasteiger partial charge in [0.25, 0.3) is 0 Å². The van der Waals surface area contributed by atoms with Crippen molar-refractivity contribution in [1.29, 1.82) is 0 Å². The summed E-state index contributed by atoms with van der Waals surface area (Å²) in [5.74, 6) is -0.0816. The highest BCUT2D eigenvalue weighted by molar-refractivity contribution is 5.80. The zero-order chi connectivity index (χ0) is 14.3. The molecule has 0 spiro atoms. The second kappa shape index (κ2) is 7.93. The Morgan fingerprint density at radius 3 is 2.89 bits per heavy atom. The van der Waals surface area contributed by atoms with Crippen LogP contribution in [0.5, 0.6) is 0 Å². The highest BCUT2D eigenvalue weighted by atomic mass is 19.1. The van der Waals surface area contributed by atoms with E-state index < -0.39 is 6.67 Å². The van der Waals surface area contributed by atoms with E-state index >= 15 is 0 Å². The maximum atomic E-state index is 12.4. The van der Waals surface area contributed by atoms with Gasteiger partial charge in [0, 0.05) is 19.0 Å². The first-order valence-corrected chi connectivity index (χ1v) is 6.97. The Morgan fingerprint density at radius 2 is 2.32 bits per heavy atom. The maximum absolute atomic E-state index is 12.4. The minimum atomic E-state index is -0.418. The molecule has 0 bridgehead atoms. The van der Waals surface area contributed by atoms with Crippen LogP contribution in [-0.2, 0) is 4.79 Å². The number of rotatable bonds is 6. The molecule has 1 aliphatic rings. The summed E-state index contributed by atoms with van der Waals surface area (Å²) in [4.78, 5) is 14.0. The van der Waals surface area contributed by atoms with E-state index in [-0.39, 0.29) is 11.8 Å². The third-order valence-corrected chi connectivity index (χ3v) is 3.40. The maximum Gasteiger partial charge on any atom is 0.226 e. The number of allylic oxidation sites excluding steroid dienone is 3. The molecular formula is C16H24FNO. The van der Waals surface area contributed by atoms with Crippen molar-refractivity contribution in [3.8, 4) is 0 Å². The van der Waals surface area contributed by atoms with Gasteiger partial charge >= 0.3 is 0 Å². The summed E-state index contributed by atoms with van der Waals surface area (Å²) < 4.78 is 12.4. The smallest absolute Gasteiger partial charge is 0.226 e. The lowest BCUT2D eigenvalue weighted by Crippen LogP contribution is -2.34. The first-order chi connectivity index (χ1) is 9.12. The van der Waals surface area contributed by atoms with Crippen LogP contribution in [0.1, 0.15) is 33.6 Å². The molecule has 0 saturated carbocycles. The summed E-state index contributed by atoms with van der Waals surface area (Å²) in [6, 6.07) is 0. The second-order valence-corrected chi connectivity index (χ2v) is 4.97. The van der Waals surface area contributed by atoms with Crippen LogP contribution < -0.4 is 0 Å². The van der Waals surface area contributed by atoms with Gasteiger partial charge in [-0.2, -0.15) is 0 Å². The van der Waals surface area contributed by atoms with E-state index in [0.29, 0.717) is 25.9 Å². The lowest BCUT2D eigenvalue weighted by Gasteiger charge is -2.21. The molecule has 2 nitrogen and oxygen atoms in total. The third kappa shape index (κ3) is 4.66. The Kier molecular flexibility index (Phi) is 6.54. The van der Waals surface area contributed by atoms with Crippen molar-refractivity contribution in [3.05, 3.63) is 35.5 Å². The van der Waals surface area contributed by atoms with Crippen molar-refractivity contribution in [2.75, 3.05) is 19.8 Å². The normalized spacial score (nSPS) is 18.0. The number of hydrogen-bond acceptors (Lipinski definition) is 1. The van der Waals surface area contributed by atoms with Gasteiger partial charge in [-0.1, -0.05) is 36.8 Å². The Bertz CT molecular complexity index is 396. The summed E-state index contributed by atoms with van der Waals surface area (Å²) in [5, 5.41) is 0. The number of halogens is 1. The molecule has 106 valence electrons. The van der Waals surface area contributed by atoms with Crippen LogP contribution in [0.15, 0.2) is 35.5 Å². The molecule has 0 N–H and O–H groups in total. The van der Waals surface area contributed by atoms with Crippen molar-refractivity contribution in [1.82, 2.24) is 4.90 Å². The van der Waals surface area contributed by atoms with Gasteiger partial charge < -0.3 is 4.90 Å². The lowest BCUT2D eigenvalue weighted by atomic mass is 10.0. The second-order valence-electron chi connectivity index (χ2n) is 4.97. The Labute approximate surface area is 115 Å². The highest BCUT2D eigenvalue weighted by Gasteiger charge is 2.25. The van der Waals surface area contributed by atoms with Gasteiger partial charge in [0.05, 0.1) is 6.67 Å². The fraction of sp³-hybridized carbons (Fsp3) is 0.562. The molecule has 0 aliphatic carbocycles. The van der Waals surface area contributed by atoms with Crippen LogP contribution in [0.3, 0.4) is 0 Å². The van der Waals surface area contributed by atoms with E-state index in [4.69, 9.17) is 0 Å². The largest absolute Gasteiger partial charge is 0.334 e. The Hall–Kier alpha value is -1.38. The summed E-state index contributed by atoms with van der Waals surface area (Å²) in [5.41, 5.74) is 2.35. The zero-order valence-corrected chi connectivity index (χ0v) is 12.2. The molecule has 1 rings (SSSR count).